The third kappa shape index (κ3) is 6.66. The summed E-state index contributed by atoms with van der Waals surface area (Å²) < 4.78 is 26.0. The van der Waals surface area contributed by atoms with Crippen LogP contribution in [0, 0.1) is 11.8 Å². The molecule has 0 bridgehead atoms. The molecule has 0 spiro atoms. The van der Waals surface area contributed by atoms with Crippen molar-refractivity contribution in [3.05, 3.63) is 60.3 Å². The maximum atomic E-state index is 15.4. The summed E-state index contributed by atoms with van der Waals surface area (Å²) in [4.78, 5) is 8.00. The zero-order chi connectivity index (χ0) is 24.6. The highest BCUT2D eigenvalue weighted by Crippen LogP contribution is 2.35. The number of fused-ring (bicyclic) bond motifs is 1. The zero-order valence-electron chi connectivity index (χ0n) is 20.5. The molecule has 0 aliphatic carbocycles. The molecule has 1 fully saturated rings. The van der Waals surface area contributed by atoms with Gasteiger partial charge in [-0.1, -0.05) is 6.07 Å². The Hall–Kier alpha value is -2.35. The van der Waals surface area contributed by atoms with Gasteiger partial charge >= 0.3 is 0 Å². The van der Waals surface area contributed by atoms with Gasteiger partial charge in [-0.15, -0.1) is 11.8 Å². The van der Waals surface area contributed by atoms with Gasteiger partial charge in [-0.25, -0.2) is 4.39 Å². The minimum absolute atomic E-state index is 0.149. The number of aliphatic hydroxyl groups excluding tert-OH is 1. The van der Waals surface area contributed by atoms with Crippen LogP contribution in [0.3, 0.4) is 0 Å². The van der Waals surface area contributed by atoms with Crippen LogP contribution in [0.4, 0.5) is 4.39 Å². The van der Waals surface area contributed by atoms with Gasteiger partial charge in [0.1, 0.15) is 17.7 Å². The Morgan fingerprint density at radius 2 is 1.94 bits per heavy atom. The molecular formula is C28H35FN2O3S. The van der Waals surface area contributed by atoms with Crippen molar-refractivity contribution in [2.45, 2.75) is 30.3 Å². The molecule has 2 heterocycles. The van der Waals surface area contributed by atoms with Crippen molar-refractivity contribution >= 4 is 22.7 Å². The predicted molar refractivity (Wildman–Crippen MR) is 140 cm³/mol. The number of alkyl halides is 1. The van der Waals surface area contributed by atoms with E-state index in [-0.39, 0.29) is 12.5 Å². The molecule has 0 saturated carbocycles. The molecule has 7 heteroatoms. The number of thioether (sulfide) groups is 1. The lowest BCUT2D eigenvalue weighted by molar-refractivity contribution is 0.0672. The van der Waals surface area contributed by atoms with Crippen molar-refractivity contribution in [2.75, 3.05) is 46.2 Å². The maximum Gasteiger partial charge on any atom is 0.126 e. The highest BCUT2D eigenvalue weighted by Gasteiger charge is 2.29. The van der Waals surface area contributed by atoms with Crippen molar-refractivity contribution in [3.63, 3.8) is 0 Å². The Morgan fingerprint density at radius 3 is 2.74 bits per heavy atom. The van der Waals surface area contributed by atoms with Crippen LogP contribution in [0.5, 0.6) is 11.5 Å². The summed E-state index contributed by atoms with van der Waals surface area (Å²) in [5.41, 5.74) is 1.45. The first-order chi connectivity index (χ1) is 17.1. The van der Waals surface area contributed by atoms with Gasteiger partial charge in [0.25, 0.3) is 0 Å². The third-order valence-electron chi connectivity index (χ3n) is 7.04. The van der Waals surface area contributed by atoms with E-state index < -0.39 is 6.17 Å². The highest BCUT2D eigenvalue weighted by molar-refractivity contribution is 7.99. The normalized spacial score (nSPS) is 19.5. The number of pyridine rings is 1. The van der Waals surface area contributed by atoms with Crippen molar-refractivity contribution in [3.8, 4) is 11.5 Å². The summed E-state index contributed by atoms with van der Waals surface area (Å²) in [7, 11) is 3.30. The van der Waals surface area contributed by atoms with Gasteiger partial charge in [-0.05, 0) is 85.7 Å². The minimum Gasteiger partial charge on any atom is -0.497 e. The van der Waals surface area contributed by atoms with E-state index in [2.05, 4.69) is 22.0 Å². The van der Waals surface area contributed by atoms with E-state index in [4.69, 9.17) is 9.47 Å². The molecule has 0 amide bonds. The Balaban J connectivity index is 1.28. The Bertz CT molecular complexity index is 1100. The van der Waals surface area contributed by atoms with Gasteiger partial charge in [-0.3, -0.25) is 4.98 Å². The van der Waals surface area contributed by atoms with Crippen molar-refractivity contribution in [1.82, 2.24) is 9.88 Å². The van der Waals surface area contributed by atoms with E-state index in [9.17, 15) is 5.11 Å². The summed E-state index contributed by atoms with van der Waals surface area (Å²) in [6.45, 7) is 2.98. The average Bonchev–Trinajstić information content (AvgIpc) is 2.91. The molecule has 1 N–H and O–H groups in total. The number of nitrogens with zero attached hydrogens (tertiary/aromatic N) is 2. The number of halogens is 1. The molecule has 4 rings (SSSR count). The molecule has 35 heavy (non-hydrogen) atoms. The SMILES string of the molecule is COc1cccc(SCCN2CC[C@@H](CCC(F)c3ccnc4ccc(OC)cc34)[C@@H](CO)C2)c1. The molecule has 5 nitrogen and oxygen atoms in total. The number of methoxy groups -OCH3 is 2. The van der Waals surface area contributed by atoms with Crippen LogP contribution in [0.2, 0.25) is 0 Å². The second-order valence-electron chi connectivity index (χ2n) is 9.15. The number of benzene rings is 2. The van der Waals surface area contributed by atoms with Gasteiger partial charge in [-0.2, -0.15) is 0 Å². The van der Waals surface area contributed by atoms with Gasteiger partial charge in [0, 0.05) is 41.9 Å². The Morgan fingerprint density at radius 1 is 1.11 bits per heavy atom. The number of aromatic nitrogens is 1. The van der Waals surface area contributed by atoms with Crippen molar-refractivity contribution in [1.29, 1.82) is 0 Å². The summed E-state index contributed by atoms with van der Waals surface area (Å²) in [6.07, 6.45) is 2.82. The van der Waals surface area contributed by atoms with Crippen LogP contribution < -0.4 is 9.47 Å². The van der Waals surface area contributed by atoms with Gasteiger partial charge < -0.3 is 19.5 Å². The fourth-order valence-corrected chi connectivity index (χ4v) is 5.95. The van der Waals surface area contributed by atoms with Crippen molar-refractivity contribution < 1.29 is 19.0 Å². The molecule has 1 unspecified atom stereocenters. The lowest BCUT2D eigenvalue weighted by Gasteiger charge is -2.38. The fourth-order valence-electron chi connectivity index (χ4n) is 4.99. The summed E-state index contributed by atoms with van der Waals surface area (Å²) in [5, 5.41) is 10.9. The van der Waals surface area contributed by atoms with E-state index >= 15 is 4.39 Å². The topological polar surface area (TPSA) is 54.8 Å². The minimum atomic E-state index is -1.07. The van der Waals surface area contributed by atoms with Crippen LogP contribution in [-0.2, 0) is 0 Å². The molecule has 0 radical (unpaired) electrons. The number of rotatable bonds is 11. The van der Waals surface area contributed by atoms with Crippen molar-refractivity contribution in [2.24, 2.45) is 11.8 Å². The number of hydrogen-bond donors (Lipinski definition) is 1. The third-order valence-corrected chi connectivity index (χ3v) is 8.01. The summed E-state index contributed by atoms with van der Waals surface area (Å²) >= 11 is 1.82. The molecule has 1 aromatic heterocycles. The van der Waals surface area contributed by atoms with E-state index in [1.165, 1.54) is 4.90 Å². The zero-order valence-corrected chi connectivity index (χ0v) is 21.3. The first-order valence-electron chi connectivity index (χ1n) is 12.3. The monoisotopic (exact) mass is 498 g/mol. The number of aliphatic hydroxyl groups is 1. The highest BCUT2D eigenvalue weighted by atomic mass is 32.2. The van der Waals surface area contributed by atoms with Crippen LogP contribution in [0.15, 0.2) is 59.6 Å². The van der Waals surface area contributed by atoms with Crippen LogP contribution in [0.1, 0.15) is 31.0 Å². The second-order valence-corrected chi connectivity index (χ2v) is 10.3. The fraction of sp³-hybridized carbons (Fsp3) is 0.464. The second kappa shape index (κ2) is 12.6. The lowest BCUT2D eigenvalue weighted by atomic mass is 9.81. The molecular weight excluding hydrogens is 463 g/mol. The summed E-state index contributed by atoms with van der Waals surface area (Å²) in [5.74, 6) is 3.09. The quantitative estimate of drug-likeness (QED) is 0.339. The molecule has 188 valence electrons. The number of ether oxygens (including phenoxy) is 2. The lowest BCUT2D eigenvalue weighted by Crippen LogP contribution is -2.43. The van der Waals surface area contributed by atoms with Gasteiger partial charge in [0.2, 0.25) is 0 Å². The summed E-state index contributed by atoms with van der Waals surface area (Å²) in [6, 6.07) is 15.5. The van der Waals surface area contributed by atoms with Gasteiger partial charge in [0.05, 0.1) is 19.7 Å². The first-order valence-corrected chi connectivity index (χ1v) is 13.3. The van der Waals surface area contributed by atoms with E-state index in [1.807, 2.05) is 42.1 Å². The molecule has 1 aliphatic heterocycles. The smallest absolute Gasteiger partial charge is 0.126 e. The number of piperidine rings is 1. The molecule has 3 atom stereocenters. The number of likely N-dealkylation sites (tertiary alicyclic amines) is 1. The molecule has 2 aromatic carbocycles. The Labute approximate surface area is 211 Å². The van der Waals surface area contributed by atoms with Crippen LogP contribution in [0.25, 0.3) is 10.9 Å². The predicted octanol–water partition coefficient (Wildman–Crippen LogP) is 5.77. The molecule has 1 saturated heterocycles. The van der Waals surface area contributed by atoms with Crippen LogP contribution >= 0.6 is 11.8 Å². The molecule has 3 aromatic rings. The van der Waals surface area contributed by atoms with E-state index in [0.717, 1.165) is 54.9 Å². The first kappa shape index (κ1) is 25.7. The Kier molecular flexibility index (Phi) is 9.24. The van der Waals surface area contributed by atoms with Gasteiger partial charge in [0.15, 0.2) is 0 Å². The van der Waals surface area contributed by atoms with Crippen LogP contribution in [-0.4, -0.2) is 61.2 Å². The number of hydrogen-bond acceptors (Lipinski definition) is 6. The van der Waals surface area contributed by atoms with E-state index in [0.29, 0.717) is 23.7 Å². The largest absolute Gasteiger partial charge is 0.497 e. The molecule has 1 aliphatic rings. The average molecular weight is 499 g/mol. The van der Waals surface area contributed by atoms with E-state index in [1.54, 1.807) is 26.5 Å². The maximum absolute atomic E-state index is 15.4. The standard InChI is InChI=1S/C28H35FN2O3S/c1-33-22-4-3-5-24(16-22)35-15-14-31-13-11-20(21(18-31)19-32)6-8-27(29)25-10-12-30-28-9-7-23(34-2)17-26(25)28/h3-5,7,9-10,12,16-17,20-21,27,32H,6,8,11,13-15,18-19H2,1-2H3/t20-,21-,27?/m1/s1.